The summed E-state index contributed by atoms with van der Waals surface area (Å²) in [5.74, 6) is 0. The third kappa shape index (κ3) is 17.1. The van der Waals surface area contributed by atoms with Crippen LogP contribution in [0.4, 0.5) is 0 Å². The van der Waals surface area contributed by atoms with Crippen molar-refractivity contribution in [3.8, 4) is 0 Å². The molecule has 1 rings (SSSR count). The van der Waals surface area contributed by atoms with Crippen LogP contribution in [-0.4, -0.2) is 35.4 Å². The van der Waals surface area contributed by atoms with Gasteiger partial charge in [-0.15, -0.1) is 0 Å². The van der Waals surface area contributed by atoms with Crippen LogP contribution >= 0.6 is 0 Å². The molecule has 1 aromatic rings. The maximum atomic E-state index is 3.56. The normalized spacial score (nSPS) is 11.8. The average molecular weight is 430 g/mol. The van der Waals surface area contributed by atoms with Crippen molar-refractivity contribution in [1.82, 2.24) is 0 Å². The predicted octanol–water partition coefficient (Wildman–Crippen LogP) is 8.48. The van der Waals surface area contributed by atoms with Gasteiger partial charge in [-0.1, -0.05) is 133 Å². The lowest BCUT2D eigenvalue weighted by Crippen LogP contribution is -2.39. The Labute approximate surface area is 193 Å². The van der Waals surface area contributed by atoms with E-state index in [1.807, 2.05) is 0 Å². The molecule has 0 aliphatic rings. The Bertz CT molecular complexity index is 471. The summed E-state index contributed by atoms with van der Waals surface area (Å²) in [6, 6.07) is 12.1. The van der Waals surface area contributed by atoms with Crippen molar-refractivity contribution in [3.63, 3.8) is 0 Å². The zero-order chi connectivity index (χ0) is 21.8. The molecule has 3 radical (unpaired) electrons. The molecule has 0 aromatic heterocycles. The lowest BCUT2D eigenvalue weighted by Gasteiger charge is -2.30. The summed E-state index contributed by atoms with van der Waals surface area (Å²) in [5.41, 5.74) is 1.46. The molecular formula is C28H51NSi+. The number of unbranched alkanes of at least 4 members (excludes halogenated alkanes) is 16. The van der Waals surface area contributed by atoms with Gasteiger partial charge in [0.05, 0.1) is 20.6 Å². The van der Waals surface area contributed by atoms with Crippen molar-refractivity contribution in [1.29, 1.82) is 0 Å². The molecular weight excluding hydrogens is 378 g/mol. The van der Waals surface area contributed by atoms with Crippen LogP contribution in [0.2, 0.25) is 6.04 Å². The Balaban J connectivity index is 1.79. The lowest BCUT2D eigenvalue weighted by atomic mass is 10.0. The Morgan fingerprint density at radius 1 is 0.533 bits per heavy atom. The van der Waals surface area contributed by atoms with Gasteiger partial charge >= 0.3 is 0 Å². The molecule has 0 fully saturated rings. The van der Waals surface area contributed by atoms with Crippen molar-refractivity contribution in [2.45, 2.75) is 122 Å². The first kappa shape index (κ1) is 27.4. The summed E-state index contributed by atoms with van der Waals surface area (Å²) >= 11 is 0. The van der Waals surface area contributed by atoms with E-state index < -0.39 is 0 Å². The van der Waals surface area contributed by atoms with Gasteiger partial charge in [-0.05, 0) is 12.8 Å². The minimum Gasteiger partial charge on any atom is -0.325 e. The highest BCUT2D eigenvalue weighted by Gasteiger charge is 2.14. The van der Waals surface area contributed by atoms with E-state index >= 15 is 0 Å². The molecule has 0 N–H and O–H groups in total. The Hall–Kier alpha value is -0.603. The molecule has 2 heteroatoms. The fourth-order valence-corrected chi connectivity index (χ4v) is 4.72. The van der Waals surface area contributed by atoms with Crippen LogP contribution in [0, 0.1) is 0 Å². The molecule has 0 unspecified atom stereocenters. The summed E-state index contributed by atoms with van der Waals surface area (Å²) in [7, 11) is 8.30. The third-order valence-electron chi connectivity index (χ3n) is 6.39. The first-order valence-electron chi connectivity index (χ1n) is 13.1. The Kier molecular flexibility index (Phi) is 17.5. The molecule has 1 aromatic carbocycles. The molecule has 30 heavy (non-hydrogen) atoms. The van der Waals surface area contributed by atoms with Gasteiger partial charge in [-0.3, -0.25) is 0 Å². The number of hydrogen-bond donors (Lipinski definition) is 0. The molecule has 0 heterocycles. The molecule has 0 saturated carbocycles. The van der Waals surface area contributed by atoms with E-state index in [2.05, 4.69) is 54.7 Å². The van der Waals surface area contributed by atoms with Crippen LogP contribution < -0.4 is 0 Å². The van der Waals surface area contributed by atoms with E-state index in [1.165, 1.54) is 127 Å². The first-order chi connectivity index (χ1) is 14.6. The zero-order valence-corrected chi connectivity index (χ0v) is 21.5. The van der Waals surface area contributed by atoms with E-state index in [4.69, 9.17) is 0 Å². The van der Waals surface area contributed by atoms with Crippen molar-refractivity contribution in [2.24, 2.45) is 0 Å². The molecule has 0 atom stereocenters. The maximum Gasteiger partial charge on any atom is 0.104 e. The maximum absolute atomic E-state index is 3.56. The highest BCUT2D eigenvalue weighted by atomic mass is 28.1. The highest BCUT2D eigenvalue weighted by Crippen LogP contribution is 2.15. The summed E-state index contributed by atoms with van der Waals surface area (Å²) in [4.78, 5) is 0. The minimum atomic E-state index is 1.11. The molecule has 0 aliphatic carbocycles. The van der Waals surface area contributed by atoms with Crippen LogP contribution in [0.3, 0.4) is 0 Å². The largest absolute Gasteiger partial charge is 0.325 e. The summed E-state index contributed by atoms with van der Waals surface area (Å²) < 4.78 is 1.11. The standard InChI is InChI=1S/C28H51NSi/c1-29(2,27-28-23-19-18-20-24-28)25-21-16-14-12-10-8-6-4-3-5-7-9-11-13-15-17-22-26-30/h18-20,23-24H,3-17,21-22,25-27H2,1-2H3/q+1. The Morgan fingerprint density at radius 3 is 1.30 bits per heavy atom. The predicted molar refractivity (Wildman–Crippen MR) is 136 cm³/mol. The van der Waals surface area contributed by atoms with Gasteiger partial charge < -0.3 is 4.48 Å². The lowest BCUT2D eigenvalue weighted by molar-refractivity contribution is -0.903. The highest BCUT2D eigenvalue weighted by molar-refractivity contribution is 6.08. The molecule has 0 amide bonds. The van der Waals surface area contributed by atoms with Gasteiger partial charge in [-0.25, -0.2) is 0 Å². The Morgan fingerprint density at radius 2 is 0.900 bits per heavy atom. The van der Waals surface area contributed by atoms with E-state index in [0.717, 1.165) is 11.0 Å². The van der Waals surface area contributed by atoms with E-state index in [0.29, 0.717) is 0 Å². The second-order valence-electron chi connectivity index (χ2n) is 10.1. The second kappa shape index (κ2) is 19.1. The molecule has 171 valence electrons. The van der Waals surface area contributed by atoms with Crippen LogP contribution in [0.15, 0.2) is 30.3 Å². The monoisotopic (exact) mass is 429 g/mol. The SMILES string of the molecule is C[N+](C)(CCCCCCCCCCCCCCCCCCC[Si])Cc1ccccc1. The van der Waals surface area contributed by atoms with Gasteiger partial charge in [0.1, 0.15) is 6.54 Å². The van der Waals surface area contributed by atoms with Gasteiger partial charge in [0.15, 0.2) is 0 Å². The van der Waals surface area contributed by atoms with Crippen LogP contribution in [-0.2, 0) is 6.54 Å². The smallest absolute Gasteiger partial charge is 0.104 e. The number of nitrogens with zero attached hydrogens (tertiary/aromatic N) is 1. The average Bonchev–Trinajstić information content (AvgIpc) is 2.73. The number of quaternary nitrogens is 1. The quantitative estimate of drug-likeness (QED) is 0.104. The van der Waals surface area contributed by atoms with E-state index in [-0.39, 0.29) is 0 Å². The van der Waals surface area contributed by atoms with Crippen LogP contribution in [0.25, 0.3) is 0 Å². The molecule has 1 nitrogen and oxygen atoms in total. The number of benzene rings is 1. The van der Waals surface area contributed by atoms with Crippen molar-refractivity contribution in [3.05, 3.63) is 35.9 Å². The van der Waals surface area contributed by atoms with Gasteiger partial charge in [0.25, 0.3) is 0 Å². The first-order valence-corrected chi connectivity index (χ1v) is 13.9. The molecule has 0 bridgehead atoms. The van der Waals surface area contributed by atoms with Gasteiger partial charge in [0, 0.05) is 15.8 Å². The molecule has 0 aliphatic heterocycles. The summed E-state index contributed by atoms with van der Waals surface area (Å²) in [5, 5.41) is 0. The number of hydrogen-bond acceptors (Lipinski definition) is 0. The molecule has 0 saturated heterocycles. The summed E-state index contributed by atoms with van der Waals surface area (Å²) in [6.45, 7) is 2.45. The van der Waals surface area contributed by atoms with Crippen LogP contribution in [0.5, 0.6) is 0 Å². The second-order valence-corrected chi connectivity index (χ2v) is 10.6. The molecule has 0 spiro atoms. The third-order valence-corrected chi connectivity index (χ3v) is 6.75. The number of rotatable bonds is 21. The van der Waals surface area contributed by atoms with Crippen molar-refractivity contribution >= 4 is 10.2 Å². The fraction of sp³-hybridized carbons (Fsp3) is 0.786. The van der Waals surface area contributed by atoms with Gasteiger partial charge in [-0.2, -0.15) is 0 Å². The summed E-state index contributed by atoms with van der Waals surface area (Å²) in [6.07, 6.45) is 24.5. The minimum absolute atomic E-state index is 1.11. The zero-order valence-electron chi connectivity index (χ0n) is 20.5. The van der Waals surface area contributed by atoms with Crippen LogP contribution in [0.1, 0.15) is 115 Å². The topological polar surface area (TPSA) is 0 Å². The fourth-order valence-electron chi connectivity index (χ4n) is 4.47. The van der Waals surface area contributed by atoms with Gasteiger partial charge in [0.2, 0.25) is 0 Å². The van der Waals surface area contributed by atoms with E-state index in [1.54, 1.807) is 0 Å². The van der Waals surface area contributed by atoms with Crippen molar-refractivity contribution in [2.75, 3.05) is 20.6 Å². The van der Waals surface area contributed by atoms with Crippen molar-refractivity contribution < 1.29 is 4.48 Å². The van der Waals surface area contributed by atoms with E-state index in [9.17, 15) is 0 Å².